The van der Waals surface area contributed by atoms with E-state index in [1.54, 1.807) is 4.53 Å². The molecule has 2 heterocycles. The third-order valence-electron chi connectivity index (χ3n) is 4.27. The highest BCUT2D eigenvalue weighted by Crippen LogP contribution is 2.59. The maximum atomic E-state index is 2.30. The fraction of sp³-hybridized carbons (Fsp3) is 0.143. The summed E-state index contributed by atoms with van der Waals surface area (Å²) in [5.41, 5.74) is 0. The van der Waals surface area contributed by atoms with Crippen LogP contribution in [0, 0.1) is 0 Å². The lowest BCUT2D eigenvalue weighted by Gasteiger charge is -2.17. The van der Waals surface area contributed by atoms with E-state index in [9.17, 15) is 0 Å². The van der Waals surface area contributed by atoms with E-state index >= 15 is 0 Å². The third kappa shape index (κ3) is 3.78. The quantitative estimate of drug-likeness (QED) is 0.519. The molecule has 0 saturated carbocycles. The van der Waals surface area contributed by atoms with Crippen molar-refractivity contribution in [3.05, 3.63) is 88.4 Å². The minimum absolute atomic E-state index is 0.959. The molecule has 1 radical (unpaired) electrons. The molecular weight excluding hydrogens is 409 g/mol. The van der Waals surface area contributed by atoms with Gasteiger partial charge in [-0.2, -0.15) is 0 Å². The van der Waals surface area contributed by atoms with E-state index in [0.29, 0.717) is 0 Å². The average Bonchev–Trinajstić information content (AvgIpc) is 3.20. The average molecular weight is 428 g/mol. The molecule has 4 rings (SSSR count). The summed E-state index contributed by atoms with van der Waals surface area (Å²) in [7, 11) is -0.959. The second-order valence-corrected chi connectivity index (χ2v) is 14.1. The van der Waals surface area contributed by atoms with Gasteiger partial charge in [-0.25, -0.2) is 0 Å². The van der Waals surface area contributed by atoms with Crippen molar-refractivity contribution in [3.8, 4) is 0 Å². The minimum Gasteiger partial charge on any atom is -0.0886 e. The molecule has 0 N–H and O–H groups in total. The smallest absolute Gasteiger partial charge is 0.0886 e. The Balaban J connectivity index is 1.71. The molecule has 131 valence electrons. The topological polar surface area (TPSA) is 0 Å². The zero-order valence-electron chi connectivity index (χ0n) is 14.9. The number of hydrogen-bond acceptors (Lipinski definition) is 4. The van der Waals surface area contributed by atoms with Gasteiger partial charge < -0.3 is 0 Å². The van der Waals surface area contributed by atoms with Gasteiger partial charge in [0.25, 0.3) is 0 Å². The van der Waals surface area contributed by atoms with Crippen molar-refractivity contribution < 1.29 is 0 Å². The molecule has 0 aromatic heterocycles. The zero-order chi connectivity index (χ0) is 18.1. The van der Waals surface area contributed by atoms with Crippen LogP contribution in [0.1, 0.15) is 20.8 Å². The van der Waals surface area contributed by atoms with Gasteiger partial charge in [-0.05, 0) is 40.0 Å². The minimum atomic E-state index is -0.959. The highest BCUT2D eigenvalue weighted by molar-refractivity contribution is 8.34. The van der Waals surface area contributed by atoms with Gasteiger partial charge >= 0.3 is 0 Å². The van der Waals surface area contributed by atoms with Gasteiger partial charge in [-0.15, -0.1) is 0 Å². The summed E-state index contributed by atoms with van der Waals surface area (Å²) in [4.78, 5) is 4.37. The number of benzene rings is 2. The zero-order valence-corrected chi connectivity index (χ0v) is 19.2. The van der Waals surface area contributed by atoms with Crippen LogP contribution >= 0.6 is 47.0 Å². The molecule has 2 aliphatic heterocycles. The van der Waals surface area contributed by atoms with Crippen molar-refractivity contribution in [1.82, 2.24) is 0 Å². The van der Waals surface area contributed by atoms with Crippen LogP contribution in [0.25, 0.3) is 0 Å². The Morgan fingerprint density at radius 2 is 0.962 bits per heavy atom. The number of thioether (sulfide) groups is 4. The maximum absolute atomic E-state index is 2.30. The summed E-state index contributed by atoms with van der Waals surface area (Å²) in [5, 5.41) is 2.93. The monoisotopic (exact) mass is 427 g/mol. The summed E-state index contributed by atoms with van der Waals surface area (Å²) >= 11 is 7.88. The van der Waals surface area contributed by atoms with E-state index in [2.05, 4.69) is 81.4 Å². The summed E-state index contributed by atoms with van der Waals surface area (Å²) < 4.78 is 4.51. The van der Waals surface area contributed by atoms with Gasteiger partial charge in [0.15, 0.2) is 8.80 Å². The van der Waals surface area contributed by atoms with Crippen molar-refractivity contribution >= 4 is 66.2 Å². The molecular formula is C21H19S4Si. The van der Waals surface area contributed by atoms with Crippen LogP contribution in [0.5, 0.6) is 0 Å². The van der Waals surface area contributed by atoms with E-state index in [0.717, 1.165) is 0 Å². The van der Waals surface area contributed by atoms with Gasteiger partial charge in [0.2, 0.25) is 0 Å². The molecule has 2 aromatic carbocycles. The molecule has 0 atom stereocenters. The van der Waals surface area contributed by atoms with Crippen molar-refractivity contribution in [2.45, 2.75) is 20.8 Å². The fourth-order valence-corrected chi connectivity index (χ4v) is 12.3. The number of allylic oxidation sites excluding steroid dienone is 3. The van der Waals surface area contributed by atoms with Crippen LogP contribution in [0.2, 0.25) is 0 Å². The summed E-state index contributed by atoms with van der Waals surface area (Å²) in [6.07, 6.45) is 0. The summed E-state index contributed by atoms with van der Waals surface area (Å²) in [5.74, 6) is 0. The largest absolute Gasteiger partial charge is 0.164 e. The lowest BCUT2D eigenvalue weighted by Crippen LogP contribution is -2.43. The molecule has 0 nitrogen and oxygen atoms in total. The molecule has 5 heteroatoms. The molecule has 0 fully saturated rings. The predicted octanol–water partition coefficient (Wildman–Crippen LogP) is 6.40. The third-order valence-corrected chi connectivity index (χ3v) is 13.6. The van der Waals surface area contributed by atoms with Gasteiger partial charge in [0.1, 0.15) is 0 Å². The Bertz CT molecular complexity index is 858. The van der Waals surface area contributed by atoms with Crippen LogP contribution in [0.4, 0.5) is 0 Å². The highest BCUT2D eigenvalue weighted by atomic mass is 32.2. The van der Waals surface area contributed by atoms with Gasteiger partial charge in [0.05, 0.1) is 8.47 Å². The Hall–Kier alpha value is -0.723. The first-order chi connectivity index (χ1) is 12.6. The Labute approximate surface area is 174 Å². The van der Waals surface area contributed by atoms with E-state index in [1.807, 2.05) is 47.0 Å². The van der Waals surface area contributed by atoms with Crippen molar-refractivity contribution in [3.63, 3.8) is 0 Å². The molecule has 2 aromatic rings. The van der Waals surface area contributed by atoms with E-state index in [1.165, 1.54) is 33.6 Å². The van der Waals surface area contributed by atoms with E-state index in [4.69, 9.17) is 0 Å². The SMILES string of the molecule is CC1=C(C)SC(=C2SC(C)=C([Si](c3ccccc3)c3ccccc3)S2)S1. The highest BCUT2D eigenvalue weighted by Gasteiger charge is 2.32. The van der Waals surface area contributed by atoms with Crippen molar-refractivity contribution in [1.29, 1.82) is 0 Å². The molecule has 0 amide bonds. The predicted molar refractivity (Wildman–Crippen MR) is 126 cm³/mol. The first-order valence-electron chi connectivity index (χ1n) is 8.45. The second-order valence-electron chi connectivity index (χ2n) is 6.09. The Kier molecular flexibility index (Phi) is 5.81. The summed E-state index contributed by atoms with van der Waals surface area (Å²) in [6.45, 7) is 6.76. The molecule has 0 spiro atoms. The second kappa shape index (κ2) is 8.11. The first kappa shape index (κ1) is 18.6. The van der Waals surface area contributed by atoms with Crippen molar-refractivity contribution in [2.75, 3.05) is 0 Å². The Morgan fingerprint density at radius 1 is 0.538 bits per heavy atom. The molecule has 0 saturated heterocycles. The molecule has 0 bridgehead atoms. The molecule has 2 aliphatic rings. The van der Waals surface area contributed by atoms with Crippen LogP contribution in [-0.2, 0) is 0 Å². The van der Waals surface area contributed by atoms with Crippen LogP contribution < -0.4 is 10.4 Å². The fourth-order valence-electron chi connectivity index (χ4n) is 2.85. The van der Waals surface area contributed by atoms with E-state index in [-0.39, 0.29) is 0 Å². The summed E-state index contributed by atoms with van der Waals surface area (Å²) in [6, 6.07) is 22.1. The van der Waals surface area contributed by atoms with Gasteiger partial charge in [-0.3, -0.25) is 0 Å². The normalized spacial score (nSPS) is 17.8. The van der Waals surface area contributed by atoms with Crippen LogP contribution in [-0.4, -0.2) is 8.80 Å². The lowest BCUT2D eigenvalue weighted by molar-refractivity contribution is 1.57. The first-order valence-corrected chi connectivity index (χ1v) is 13.2. The number of rotatable bonds is 3. The standard InChI is InChI=1S/C21H19S4Si/c1-14-15(2)23-19(22-14)20-24-16(3)21(25-20)26(17-10-6-4-7-11-17)18-12-8-5-9-13-18/h4-13H,1-3H3. The molecule has 0 unspecified atom stereocenters. The van der Waals surface area contributed by atoms with Crippen molar-refractivity contribution in [2.24, 2.45) is 0 Å². The lowest BCUT2D eigenvalue weighted by atomic mass is 10.4. The van der Waals surface area contributed by atoms with Gasteiger partial charge in [-0.1, -0.05) is 118 Å². The number of hydrogen-bond donors (Lipinski definition) is 0. The molecule has 26 heavy (non-hydrogen) atoms. The Morgan fingerprint density at radius 3 is 1.46 bits per heavy atom. The maximum Gasteiger partial charge on any atom is 0.164 e. The van der Waals surface area contributed by atoms with Crippen LogP contribution in [0.3, 0.4) is 0 Å². The van der Waals surface area contributed by atoms with E-state index < -0.39 is 8.80 Å². The van der Waals surface area contributed by atoms with Crippen LogP contribution in [0.15, 0.2) is 88.4 Å². The molecule has 0 aliphatic carbocycles. The van der Waals surface area contributed by atoms with Gasteiger partial charge in [0, 0.05) is 0 Å².